The highest BCUT2D eigenvalue weighted by atomic mass is 127. The topological polar surface area (TPSA) is 75.5 Å². The van der Waals surface area contributed by atoms with Crippen molar-refractivity contribution in [2.75, 3.05) is 19.6 Å². The molecule has 1 aliphatic heterocycles. The molecule has 1 aromatic carbocycles. The van der Waals surface area contributed by atoms with Crippen molar-refractivity contribution in [1.82, 2.24) is 10.2 Å². The van der Waals surface area contributed by atoms with E-state index >= 15 is 0 Å². The standard InChI is InChI=1S/C12H14IN3O3.ClH/c1-8-7-14-4-5-15(8)12(17)10-3-2-9(16(18)19)6-11(10)13;/h2-3,6,8,14H,4-5,7H2,1H3;1H/t8-;/m1./s1. The van der Waals surface area contributed by atoms with Gasteiger partial charge in [0.05, 0.1) is 10.5 Å². The number of halogens is 2. The third-order valence-electron chi connectivity index (χ3n) is 3.16. The normalized spacial score (nSPS) is 18.3. The molecule has 0 aliphatic carbocycles. The third kappa shape index (κ3) is 3.58. The van der Waals surface area contributed by atoms with Crippen LogP contribution < -0.4 is 5.32 Å². The molecule has 0 saturated carbocycles. The minimum Gasteiger partial charge on any atom is -0.333 e. The smallest absolute Gasteiger partial charge is 0.270 e. The molecule has 0 unspecified atom stereocenters. The summed E-state index contributed by atoms with van der Waals surface area (Å²) in [5.74, 6) is -0.0618. The van der Waals surface area contributed by atoms with E-state index in [-0.39, 0.29) is 30.0 Å². The summed E-state index contributed by atoms with van der Waals surface area (Å²) in [6.45, 7) is 4.20. The molecule has 110 valence electrons. The van der Waals surface area contributed by atoms with Crippen LogP contribution in [0.15, 0.2) is 18.2 Å². The minimum absolute atomic E-state index is 0. The van der Waals surface area contributed by atoms with Crippen molar-refractivity contribution in [2.45, 2.75) is 13.0 Å². The fourth-order valence-corrected chi connectivity index (χ4v) is 2.82. The SMILES string of the molecule is C[C@@H]1CNCCN1C(=O)c1ccc([N+](=O)[O-])cc1I.Cl. The number of carbonyl (C=O) groups is 1. The van der Waals surface area contributed by atoms with E-state index in [2.05, 4.69) is 5.32 Å². The Bertz CT molecular complexity index is 527. The predicted molar refractivity (Wildman–Crippen MR) is 86.4 cm³/mol. The van der Waals surface area contributed by atoms with E-state index in [0.717, 1.165) is 13.1 Å². The average Bonchev–Trinajstić information content (AvgIpc) is 2.38. The molecule has 0 aromatic heterocycles. The molecule has 1 atom stereocenters. The zero-order valence-corrected chi connectivity index (χ0v) is 13.8. The van der Waals surface area contributed by atoms with Crippen molar-refractivity contribution in [2.24, 2.45) is 0 Å². The second kappa shape index (κ2) is 7.19. The molecule has 1 N–H and O–H groups in total. The molecular weight excluding hydrogens is 397 g/mol. The van der Waals surface area contributed by atoms with Crippen LogP contribution in [0, 0.1) is 13.7 Å². The maximum atomic E-state index is 12.4. The van der Waals surface area contributed by atoms with Gasteiger partial charge in [0.2, 0.25) is 0 Å². The summed E-state index contributed by atoms with van der Waals surface area (Å²) in [6, 6.07) is 4.48. The van der Waals surface area contributed by atoms with Gasteiger partial charge in [-0.1, -0.05) is 0 Å². The fourth-order valence-electron chi connectivity index (χ4n) is 2.09. The van der Waals surface area contributed by atoms with Crippen LogP contribution in [0.25, 0.3) is 0 Å². The third-order valence-corrected chi connectivity index (χ3v) is 4.05. The van der Waals surface area contributed by atoms with E-state index in [1.807, 2.05) is 29.5 Å². The van der Waals surface area contributed by atoms with Gasteiger partial charge in [0, 0.05) is 41.4 Å². The molecule has 1 aromatic rings. The van der Waals surface area contributed by atoms with E-state index in [1.165, 1.54) is 18.2 Å². The van der Waals surface area contributed by atoms with Gasteiger partial charge >= 0.3 is 0 Å². The van der Waals surface area contributed by atoms with E-state index in [4.69, 9.17) is 0 Å². The number of nitrogens with zero attached hydrogens (tertiary/aromatic N) is 2. The van der Waals surface area contributed by atoms with Gasteiger partial charge in [0.1, 0.15) is 0 Å². The van der Waals surface area contributed by atoms with Gasteiger partial charge in [-0.3, -0.25) is 14.9 Å². The second-order valence-electron chi connectivity index (χ2n) is 4.47. The lowest BCUT2D eigenvalue weighted by Gasteiger charge is -2.34. The predicted octanol–water partition coefficient (Wildman–Crippen LogP) is 2.06. The minimum atomic E-state index is -0.455. The number of nitro benzene ring substituents is 1. The molecule has 1 fully saturated rings. The summed E-state index contributed by atoms with van der Waals surface area (Å²) >= 11 is 1.97. The number of piperazine rings is 1. The molecule has 1 saturated heterocycles. The second-order valence-corrected chi connectivity index (χ2v) is 5.64. The summed E-state index contributed by atoms with van der Waals surface area (Å²) < 4.78 is 0.613. The van der Waals surface area contributed by atoms with Crippen molar-refractivity contribution in [1.29, 1.82) is 0 Å². The van der Waals surface area contributed by atoms with Crippen LogP contribution in [-0.4, -0.2) is 41.4 Å². The maximum Gasteiger partial charge on any atom is 0.270 e. The summed E-state index contributed by atoms with van der Waals surface area (Å²) in [6.07, 6.45) is 0. The number of rotatable bonds is 2. The molecular formula is C12H15ClIN3O3. The Kier molecular flexibility index (Phi) is 6.15. The number of hydrogen-bond donors (Lipinski definition) is 1. The Morgan fingerprint density at radius 1 is 1.55 bits per heavy atom. The van der Waals surface area contributed by atoms with Gasteiger partial charge in [-0.2, -0.15) is 0 Å². The number of amides is 1. The van der Waals surface area contributed by atoms with E-state index in [1.54, 1.807) is 4.90 Å². The number of carbonyl (C=O) groups excluding carboxylic acids is 1. The summed E-state index contributed by atoms with van der Waals surface area (Å²) in [5, 5.41) is 13.9. The number of benzene rings is 1. The maximum absolute atomic E-state index is 12.4. The molecule has 6 nitrogen and oxygen atoms in total. The lowest BCUT2D eigenvalue weighted by Crippen LogP contribution is -2.52. The first-order valence-electron chi connectivity index (χ1n) is 5.96. The molecule has 0 bridgehead atoms. The van der Waals surface area contributed by atoms with Crippen molar-refractivity contribution >= 4 is 46.6 Å². The average molecular weight is 412 g/mol. The first-order chi connectivity index (χ1) is 9.00. The van der Waals surface area contributed by atoms with E-state index in [0.29, 0.717) is 15.7 Å². The van der Waals surface area contributed by atoms with Gasteiger partial charge in [-0.15, -0.1) is 12.4 Å². The molecule has 1 aliphatic rings. The van der Waals surface area contributed by atoms with Crippen LogP contribution in [0.4, 0.5) is 5.69 Å². The Morgan fingerprint density at radius 3 is 2.80 bits per heavy atom. The van der Waals surface area contributed by atoms with Crippen LogP contribution in [0.3, 0.4) is 0 Å². The van der Waals surface area contributed by atoms with Crippen molar-refractivity contribution in [3.63, 3.8) is 0 Å². The molecule has 0 radical (unpaired) electrons. The van der Waals surface area contributed by atoms with Gasteiger partial charge < -0.3 is 10.2 Å². The summed E-state index contributed by atoms with van der Waals surface area (Å²) in [7, 11) is 0. The number of nitrogens with one attached hydrogen (secondary N) is 1. The molecule has 0 spiro atoms. The van der Waals surface area contributed by atoms with Gasteiger partial charge in [0.15, 0.2) is 0 Å². The highest BCUT2D eigenvalue weighted by molar-refractivity contribution is 14.1. The highest BCUT2D eigenvalue weighted by Gasteiger charge is 2.26. The Morgan fingerprint density at radius 2 is 2.25 bits per heavy atom. The van der Waals surface area contributed by atoms with Crippen LogP contribution >= 0.6 is 35.0 Å². The van der Waals surface area contributed by atoms with E-state index < -0.39 is 4.92 Å². The van der Waals surface area contributed by atoms with Gasteiger partial charge in [-0.05, 0) is 35.6 Å². The molecule has 8 heteroatoms. The van der Waals surface area contributed by atoms with Crippen molar-refractivity contribution in [3.8, 4) is 0 Å². The van der Waals surface area contributed by atoms with Crippen LogP contribution in [0.1, 0.15) is 17.3 Å². The van der Waals surface area contributed by atoms with Gasteiger partial charge in [-0.25, -0.2) is 0 Å². The molecule has 1 amide bonds. The van der Waals surface area contributed by atoms with Gasteiger partial charge in [0.25, 0.3) is 11.6 Å². The Balaban J connectivity index is 0.00000200. The molecule has 20 heavy (non-hydrogen) atoms. The summed E-state index contributed by atoms with van der Waals surface area (Å²) in [4.78, 5) is 24.5. The first kappa shape index (κ1) is 17.1. The Labute approximate surface area is 136 Å². The number of nitro groups is 1. The lowest BCUT2D eigenvalue weighted by atomic mass is 10.1. The van der Waals surface area contributed by atoms with Crippen molar-refractivity contribution in [3.05, 3.63) is 37.4 Å². The monoisotopic (exact) mass is 411 g/mol. The zero-order valence-electron chi connectivity index (χ0n) is 10.8. The quantitative estimate of drug-likeness (QED) is 0.459. The number of non-ortho nitro benzene ring substituents is 1. The lowest BCUT2D eigenvalue weighted by molar-refractivity contribution is -0.384. The van der Waals surface area contributed by atoms with Crippen LogP contribution in [0.5, 0.6) is 0 Å². The molecule has 2 rings (SSSR count). The van der Waals surface area contributed by atoms with Crippen LogP contribution in [-0.2, 0) is 0 Å². The summed E-state index contributed by atoms with van der Waals surface area (Å²) in [5.41, 5.74) is 0.536. The first-order valence-corrected chi connectivity index (χ1v) is 7.04. The van der Waals surface area contributed by atoms with Crippen LogP contribution in [0.2, 0.25) is 0 Å². The highest BCUT2D eigenvalue weighted by Crippen LogP contribution is 2.22. The Hall–Kier alpha value is -0.930. The van der Waals surface area contributed by atoms with E-state index in [9.17, 15) is 14.9 Å². The van der Waals surface area contributed by atoms with Crippen molar-refractivity contribution < 1.29 is 9.72 Å². The number of hydrogen-bond acceptors (Lipinski definition) is 4. The fraction of sp³-hybridized carbons (Fsp3) is 0.417. The largest absolute Gasteiger partial charge is 0.333 e. The zero-order chi connectivity index (χ0) is 14.0. The molecule has 1 heterocycles.